The van der Waals surface area contributed by atoms with Crippen molar-refractivity contribution in [1.29, 1.82) is 0 Å². The number of fused-ring (bicyclic) bond motifs is 2. The summed E-state index contributed by atoms with van der Waals surface area (Å²) in [7, 11) is 4.36. The highest BCUT2D eigenvalue weighted by Crippen LogP contribution is 2.37. The number of allylic oxidation sites excluding steroid dienone is 1. The summed E-state index contributed by atoms with van der Waals surface area (Å²) < 4.78 is 10.7. The molecule has 428 valence electrons. The number of halogens is 2. The van der Waals surface area contributed by atoms with Gasteiger partial charge in [0, 0.05) is 76.9 Å². The topological polar surface area (TPSA) is 175 Å². The molecule has 7 aromatic rings. The molecule has 0 unspecified atom stereocenters. The second-order valence-corrected chi connectivity index (χ2v) is 24.1. The van der Waals surface area contributed by atoms with Gasteiger partial charge in [0.15, 0.2) is 0 Å². The summed E-state index contributed by atoms with van der Waals surface area (Å²) in [6.07, 6.45) is 16.3. The maximum atomic E-state index is 12.0. The average molecular weight is 1140 g/mol. The molecule has 4 aromatic carbocycles. The Kier molecular flexibility index (Phi) is 19.8. The molecule has 81 heavy (non-hydrogen) atoms. The minimum absolute atomic E-state index is 0. The zero-order valence-electron chi connectivity index (χ0n) is 47.2. The monoisotopic (exact) mass is 1140 g/mol. The molecular formula is C64H79Cl2N11O4. The second-order valence-electron chi connectivity index (χ2n) is 23.3. The molecule has 3 aliphatic carbocycles. The lowest BCUT2D eigenvalue weighted by atomic mass is 9.90. The van der Waals surface area contributed by atoms with Gasteiger partial charge in [0.2, 0.25) is 11.9 Å². The zero-order valence-corrected chi connectivity index (χ0v) is 48.7. The summed E-state index contributed by atoms with van der Waals surface area (Å²) in [6, 6.07) is 33.9. The van der Waals surface area contributed by atoms with Crippen LogP contribution in [-0.4, -0.2) is 96.4 Å². The van der Waals surface area contributed by atoms with E-state index >= 15 is 0 Å². The van der Waals surface area contributed by atoms with Crippen LogP contribution in [0.1, 0.15) is 128 Å². The third-order valence-corrected chi connectivity index (χ3v) is 15.2. The number of nitrogens with one attached hydrogen (secondary N) is 5. The van der Waals surface area contributed by atoms with Crippen molar-refractivity contribution < 1.29 is 19.1 Å². The minimum Gasteiger partial charge on any atom is -0.444 e. The zero-order chi connectivity index (χ0) is 56.6. The normalized spacial score (nSPS) is 18.0. The molecule has 0 saturated heterocycles. The van der Waals surface area contributed by atoms with Crippen LogP contribution in [0.15, 0.2) is 122 Å². The number of anilines is 4. The molecule has 3 heterocycles. The van der Waals surface area contributed by atoms with Gasteiger partial charge in [0.1, 0.15) is 11.2 Å². The van der Waals surface area contributed by atoms with Crippen LogP contribution in [0, 0.1) is 0 Å². The maximum Gasteiger partial charge on any atom is 0.412 e. The van der Waals surface area contributed by atoms with Crippen LogP contribution in [0.4, 0.5) is 32.9 Å². The standard InChI is InChI=1S/C32H38ClN5O2.C31H37ClN6O2.CH4/c1-32(2,3)40-31(39)36-23-15-12-21(13-16-23)20-38(4)25-10-7-9-24(18-25)35-30-34-19-28(33)29(37-30)27-17-14-22-8-5-6-11-26(22)27;1-31(2,3)40-30(39)36-21-14-12-20(13-15-21)19-38(4)23-9-7-8-22(16-23)35-29-34-18-26(32)28(37-29)25-17-33-27-11-6-5-10-24(25)27;/h5-6,8,11-13,15-17,19,24-25H,7,9-10,14,18,20H2,1-4H3,(H,36,39)(H,34,35,37);5-6,10-15,17-18,22-23,33H,7-9,16,19H2,1-4H3,(H,36,39)(H,34,35,37);1H4/t24-,25+;22-,23+;/m11./s1. The van der Waals surface area contributed by atoms with Crippen LogP contribution in [0.2, 0.25) is 10.0 Å². The first-order valence-corrected chi connectivity index (χ1v) is 28.6. The fraction of sp³-hybridized carbons (Fsp3) is 0.406. The van der Waals surface area contributed by atoms with E-state index in [1.807, 2.05) is 90.2 Å². The second kappa shape index (κ2) is 26.7. The SMILES string of the molecule is C.CN(Cc1ccc(NC(=O)OC(C)(C)C)cc1)[C@H]1CCC[C@@H](Nc2ncc(Cl)c(-c3c[nH]c4ccccc34)n2)C1.CN(Cc1ccc(NC(=O)OC(C)(C)C)cc1)[C@H]1CCC[C@@H](Nc2ncc(Cl)c(C3=CCc4ccccc43)n2)C1. The van der Waals surface area contributed by atoms with Gasteiger partial charge in [-0.2, -0.15) is 0 Å². The molecule has 3 aliphatic rings. The highest BCUT2D eigenvalue weighted by atomic mass is 35.5. The number of H-pyrrole nitrogens is 1. The molecular weight excluding hydrogens is 1060 g/mol. The van der Waals surface area contributed by atoms with Crippen molar-refractivity contribution >= 4 is 75.1 Å². The van der Waals surface area contributed by atoms with Gasteiger partial charge >= 0.3 is 12.2 Å². The van der Waals surface area contributed by atoms with Crippen LogP contribution < -0.4 is 21.3 Å². The summed E-state index contributed by atoms with van der Waals surface area (Å²) in [4.78, 5) is 50.9. The number of aromatic amines is 1. The number of nitrogens with zero attached hydrogens (tertiary/aromatic N) is 6. The smallest absolute Gasteiger partial charge is 0.412 e. The van der Waals surface area contributed by atoms with E-state index in [0.717, 1.165) is 116 Å². The van der Waals surface area contributed by atoms with Crippen LogP contribution in [0.3, 0.4) is 0 Å². The molecule has 0 aliphatic heterocycles. The molecule has 15 nitrogen and oxygen atoms in total. The van der Waals surface area contributed by atoms with E-state index < -0.39 is 23.4 Å². The molecule has 0 spiro atoms. The van der Waals surface area contributed by atoms with Crippen molar-refractivity contribution in [3.05, 3.63) is 160 Å². The summed E-state index contributed by atoms with van der Waals surface area (Å²) in [5.74, 6) is 1.23. The average Bonchev–Trinajstić information content (AvgIpc) is 4.09. The Hall–Kier alpha value is -7.04. The number of rotatable bonds is 14. The van der Waals surface area contributed by atoms with Crippen LogP contribution in [0.25, 0.3) is 27.7 Å². The van der Waals surface area contributed by atoms with Crippen molar-refractivity contribution in [3.8, 4) is 11.3 Å². The summed E-state index contributed by atoms with van der Waals surface area (Å²) in [5, 5.41) is 15.0. The van der Waals surface area contributed by atoms with Gasteiger partial charge in [-0.25, -0.2) is 29.5 Å². The van der Waals surface area contributed by atoms with Gasteiger partial charge in [-0.3, -0.25) is 20.4 Å². The maximum absolute atomic E-state index is 12.0. The van der Waals surface area contributed by atoms with E-state index in [0.29, 0.717) is 40.1 Å². The highest BCUT2D eigenvalue weighted by Gasteiger charge is 2.29. The van der Waals surface area contributed by atoms with Crippen LogP contribution >= 0.6 is 23.2 Å². The van der Waals surface area contributed by atoms with Gasteiger partial charge in [-0.1, -0.05) is 103 Å². The third-order valence-electron chi connectivity index (χ3n) is 14.7. The number of ether oxygens (including phenoxy) is 2. The molecule has 4 atom stereocenters. The lowest BCUT2D eigenvalue weighted by Crippen LogP contribution is -2.40. The molecule has 10 rings (SSSR count). The number of carbonyl (C=O) groups excluding carboxylic acids is 2. The molecule has 17 heteroatoms. The number of para-hydroxylation sites is 1. The first-order chi connectivity index (χ1) is 38.3. The van der Waals surface area contributed by atoms with Crippen molar-refractivity contribution in [2.75, 3.05) is 35.4 Å². The Balaban J connectivity index is 0.000000210. The van der Waals surface area contributed by atoms with Crippen molar-refractivity contribution in [3.63, 3.8) is 0 Å². The summed E-state index contributed by atoms with van der Waals surface area (Å²) in [5.41, 5.74) is 9.90. The fourth-order valence-electron chi connectivity index (χ4n) is 10.8. The Morgan fingerprint density at radius 3 is 1.64 bits per heavy atom. The summed E-state index contributed by atoms with van der Waals surface area (Å²) >= 11 is 13.1. The Morgan fingerprint density at radius 1 is 0.630 bits per heavy atom. The largest absolute Gasteiger partial charge is 0.444 e. The van der Waals surface area contributed by atoms with Gasteiger partial charge in [0.05, 0.1) is 33.8 Å². The fourth-order valence-corrected chi connectivity index (χ4v) is 11.2. The van der Waals surface area contributed by atoms with Crippen LogP contribution in [0.5, 0.6) is 0 Å². The first kappa shape index (κ1) is 60.1. The highest BCUT2D eigenvalue weighted by molar-refractivity contribution is 6.33. The number of benzene rings is 4. The third kappa shape index (κ3) is 16.6. The molecule has 2 amide bonds. The van der Waals surface area contributed by atoms with Crippen LogP contribution in [-0.2, 0) is 29.0 Å². The van der Waals surface area contributed by atoms with Gasteiger partial charge < -0.3 is 25.1 Å². The minimum atomic E-state index is -0.529. The lowest BCUT2D eigenvalue weighted by Gasteiger charge is -2.35. The van der Waals surface area contributed by atoms with E-state index in [9.17, 15) is 9.59 Å². The predicted molar refractivity (Wildman–Crippen MR) is 330 cm³/mol. The Bertz CT molecular complexity index is 3280. The Morgan fingerprint density at radius 2 is 1.11 bits per heavy atom. The molecule has 5 N–H and O–H groups in total. The van der Waals surface area contributed by atoms with Gasteiger partial charge in [-0.05, 0) is 166 Å². The van der Waals surface area contributed by atoms with E-state index in [1.165, 1.54) is 22.3 Å². The molecule has 3 aromatic heterocycles. The molecule has 0 radical (unpaired) electrons. The van der Waals surface area contributed by atoms with Crippen molar-refractivity contribution in [2.24, 2.45) is 0 Å². The van der Waals surface area contributed by atoms with E-state index in [2.05, 4.69) is 121 Å². The van der Waals surface area contributed by atoms with Gasteiger partial charge in [0.25, 0.3) is 0 Å². The first-order valence-electron chi connectivity index (χ1n) is 27.8. The van der Waals surface area contributed by atoms with Crippen molar-refractivity contribution in [1.82, 2.24) is 34.7 Å². The summed E-state index contributed by atoms with van der Waals surface area (Å²) in [6.45, 7) is 12.8. The Labute approximate surface area is 488 Å². The molecule has 2 fully saturated rings. The lowest BCUT2D eigenvalue weighted by molar-refractivity contribution is 0.0624. The number of carbonyl (C=O) groups is 2. The molecule has 2 saturated carbocycles. The number of aromatic nitrogens is 5. The van der Waals surface area contributed by atoms with E-state index in [-0.39, 0.29) is 13.5 Å². The number of amides is 2. The number of hydrogen-bond acceptors (Lipinski definition) is 12. The number of hydrogen-bond donors (Lipinski definition) is 5. The predicted octanol–water partition coefficient (Wildman–Crippen LogP) is 15.4. The van der Waals surface area contributed by atoms with E-state index in [1.54, 1.807) is 12.4 Å². The molecule has 0 bridgehead atoms. The van der Waals surface area contributed by atoms with Crippen molar-refractivity contribution in [2.45, 2.75) is 155 Å². The quantitative estimate of drug-likeness (QED) is 0.0698. The van der Waals surface area contributed by atoms with E-state index in [4.69, 9.17) is 42.6 Å². The van der Waals surface area contributed by atoms with Gasteiger partial charge in [-0.15, -0.1) is 0 Å².